The van der Waals surface area contributed by atoms with Crippen LogP contribution in [0.5, 0.6) is 5.75 Å². The van der Waals surface area contributed by atoms with Crippen molar-refractivity contribution >= 4 is 35.0 Å². The van der Waals surface area contributed by atoms with Gasteiger partial charge in [-0.2, -0.15) is 5.10 Å². The first-order valence-electron chi connectivity index (χ1n) is 7.65. The minimum Gasteiger partial charge on any atom is -0.493 e. The topological polar surface area (TPSA) is 66.0 Å². The van der Waals surface area contributed by atoms with E-state index in [-0.39, 0.29) is 0 Å². The molecule has 6 nitrogen and oxygen atoms in total. The number of benzene rings is 1. The highest BCUT2D eigenvalue weighted by molar-refractivity contribution is 7.99. The number of aryl methyl sites for hydroxylation is 2. The molecule has 0 N–H and O–H groups in total. The highest BCUT2D eigenvalue weighted by Crippen LogP contribution is 2.31. The van der Waals surface area contributed by atoms with Crippen LogP contribution >= 0.6 is 35.0 Å². The summed E-state index contributed by atoms with van der Waals surface area (Å²) in [6.45, 7) is 2.50. The lowest BCUT2D eigenvalue weighted by Gasteiger charge is -2.04. The molecule has 0 saturated heterocycles. The summed E-state index contributed by atoms with van der Waals surface area (Å²) >= 11 is 13.6. The maximum atomic E-state index is 6.33. The molecular formula is C16H16Cl2N4O2S. The van der Waals surface area contributed by atoms with Gasteiger partial charge in [0, 0.05) is 17.8 Å². The highest BCUT2D eigenvalue weighted by atomic mass is 35.5. The molecule has 132 valence electrons. The van der Waals surface area contributed by atoms with Crippen LogP contribution in [0.4, 0.5) is 0 Å². The first-order chi connectivity index (χ1) is 12.1. The third-order valence-corrected chi connectivity index (χ3v) is 4.82. The molecule has 3 aromatic rings. The van der Waals surface area contributed by atoms with E-state index in [2.05, 4.69) is 15.3 Å². The zero-order valence-electron chi connectivity index (χ0n) is 13.7. The smallest absolute Gasteiger partial charge is 0.277 e. The fourth-order valence-electron chi connectivity index (χ4n) is 2.20. The van der Waals surface area contributed by atoms with Crippen LogP contribution in [0, 0.1) is 0 Å². The number of rotatable bonds is 7. The van der Waals surface area contributed by atoms with Crippen LogP contribution in [-0.4, -0.2) is 32.3 Å². The van der Waals surface area contributed by atoms with Gasteiger partial charge in [0.1, 0.15) is 11.4 Å². The Balaban J connectivity index is 1.57. The molecule has 0 aliphatic heterocycles. The fraction of sp³-hybridized carbons (Fsp3) is 0.312. The number of aromatic nitrogens is 4. The number of nitrogens with zero attached hydrogens (tertiary/aromatic N) is 4. The molecule has 3 rings (SSSR count). The monoisotopic (exact) mass is 398 g/mol. The number of ether oxygens (including phenoxy) is 1. The number of halogens is 2. The molecule has 0 unspecified atom stereocenters. The largest absolute Gasteiger partial charge is 0.493 e. The molecule has 0 aliphatic rings. The van der Waals surface area contributed by atoms with E-state index in [0.29, 0.717) is 39.2 Å². The third kappa shape index (κ3) is 4.29. The lowest BCUT2D eigenvalue weighted by Crippen LogP contribution is -1.99. The van der Waals surface area contributed by atoms with E-state index in [0.717, 1.165) is 17.9 Å². The molecule has 0 spiro atoms. The molecule has 0 radical (unpaired) electrons. The van der Waals surface area contributed by atoms with Gasteiger partial charge in [0.25, 0.3) is 11.1 Å². The minimum absolute atomic E-state index is 0.362. The van der Waals surface area contributed by atoms with Gasteiger partial charge < -0.3 is 9.15 Å². The van der Waals surface area contributed by atoms with E-state index < -0.39 is 0 Å². The standard InChI is InChI=1S/C16H16Cl2N4O2S/c1-3-12-13(18)14(22(2)21-12)15-19-20-16(24-15)25-9-8-23-11-6-4-10(17)5-7-11/h4-7H,3,8-9H2,1-2H3. The van der Waals surface area contributed by atoms with Gasteiger partial charge in [-0.3, -0.25) is 4.68 Å². The minimum atomic E-state index is 0.362. The van der Waals surface area contributed by atoms with Crippen LogP contribution in [0.1, 0.15) is 12.6 Å². The Morgan fingerprint density at radius 2 is 1.96 bits per heavy atom. The van der Waals surface area contributed by atoms with Crippen LogP contribution in [-0.2, 0) is 13.5 Å². The summed E-state index contributed by atoms with van der Waals surface area (Å²) < 4.78 is 13.0. The first kappa shape index (κ1) is 18.1. The second-order valence-electron chi connectivity index (χ2n) is 5.11. The van der Waals surface area contributed by atoms with Crippen molar-refractivity contribution < 1.29 is 9.15 Å². The van der Waals surface area contributed by atoms with E-state index in [9.17, 15) is 0 Å². The summed E-state index contributed by atoms with van der Waals surface area (Å²) in [6.07, 6.45) is 0.741. The Hall–Kier alpha value is -1.70. The quantitative estimate of drug-likeness (QED) is 0.430. The van der Waals surface area contributed by atoms with Gasteiger partial charge in [0.15, 0.2) is 0 Å². The highest BCUT2D eigenvalue weighted by Gasteiger charge is 2.20. The van der Waals surface area contributed by atoms with Crippen molar-refractivity contribution in [2.24, 2.45) is 7.05 Å². The van der Waals surface area contributed by atoms with Crippen LogP contribution in [0.2, 0.25) is 10.0 Å². The van der Waals surface area contributed by atoms with Crippen molar-refractivity contribution in [3.05, 3.63) is 40.0 Å². The predicted octanol–water partition coefficient (Wildman–Crippen LogP) is 4.51. The van der Waals surface area contributed by atoms with E-state index in [4.69, 9.17) is 32.4 Å². The summed E-state index contributed by atoms with van der Waals surface area (Å²) in [5.41, 5.74) is 1.44. The van der Waals surface area contributed by atoms with Gasteiger partial charge in [-0.15, -0.1) is 10.2 Å². The summed E-state index contributed by atoms with van der Waals surface area (Å²) in [6, 6.07) is 7.23. The van der Waals surface area contributed by atoms with Gasteiger partial charge in [-0.1, -0.05) is 41.9 Å². The molecule has 0 bridgehead atoms. The van der Waals surface area contributed by atoms with Crippen molar-refractivity contribution in [2.75, 3.05) is 12.4 Å². The van der Waals surface area contributed by atoms with Crippen LogP contribution < -0.4 is 4.74 Å². The molecule has 1 aromatic carbocycles. The Labute approximate surface area is 159 Å². The Bertz CT molecular complexity index is 848. The molecule has 2 aromatic heterocycles. The molecule has 0 aliphatic carbocycles. The Morgan fingerprint density at radius 3 is 2.64 bits per heavy atom. The number of hydrogen-bond acceptors (Lipinski definition) is 6. The van der Waals surface area contributed by atoms with Crippen molar-refractivity contribution in [2.45, 2.75) is 18.6 Å². The maximum Gasteiger partial charge on any atom is 0.277 e. The van der Waals surface area contributed by atoms with E-state index >= 15 is 0 Å². The molecule has 9 heteroatoms. The summed E-state index contributed by atoms with van der Waals surface area (Å²) in [5.74, 6) is 1.80. The third-order valence-electron chi connectivity index (χ3n) is 3.39. The molecule has 0 saturated carbocycles. The Kier molecular flexibility index (Phi) is 5.88. The number of thioether (sulfide) groups is 1. The van der Waals surface area contributed by atoms with E-state index in [1.54, 1.807) is 23.9 Å². The van der Waals surface area contributed by atoms with E-state index in [1.807, 2.05) is 19.1 Å². The van der Waals surface area contributed by atoms with Gasteiger partial charge in [-0.05, 0) is 30.7 Å². The second kappa shape index (κ2) is 8.12. The number of hydrogen-bond donors (Lipinski definition) is 0. The average Bonchev–Trinajstić information content (AvgIpc) is 3.17. The van der Waals surface area contributed by atoms with Crippen LogP contribution in [0.25, 0.3) is 11.6 Å². The van der Waals surface area contributed by atoms with Crippen molar-refractivity contribution in [1.82, 2.24) is 20.0 Å². The van der Waals surface area contributed by atoms with Crippen LogP contribution in [0.15, 0.2) is 33.9 Å². The Morgan fingerprint density at radius 1 is 1.20 bits per heavy atom. The maximum absolute atomic E-state index is 6.33. The molecule has 25 heavy (non-hydrogen) atoms. The zero-order chi connectivity index (χ0) is 17.8. The van der Waals surface area contributed by atoms with Crippen molar-refractivity contribution in [3.8, 4) is 17.3 Å². The van der Waals surface area contributed by atoms with Crippen molar-refractivity contribution in [1.29, 1.82) is 0 Å². The average molecular weight is 399 g/mol. The zero-order valence-corrected chi connectivity index (χ0v) is 16.0. The van der Waals surface area contributed by atoms with Gasteiger partial charge in [0.2, 0.25) is 0 Å². The summed E-state index contributed by atoms with van der Waals surface area (Å²) in [7, 11) is 1.80. The van der Waals surface area contributed by atoms with Gasteiger partial charge >= 0.3 is 0 Å². The molecule has 0 fully saturated rings. The molecule has 0 atom stereocenters. The van der Waals surface area contributed by atoms with Gasteiger partial charge in [0.05, 0.1) is 17.3 Å². The fourth-order valence-corrected chi connectivity index (χ4v) is 3.27. The van der Waals surface area contributed by atoms with Crippen LogP contribution in [0.3, 0.4) is 0 Å². The van der Waals surface area contributed by atoms with Gasteiger partial charge in [-0.25, -0.2) is 0 Å². The summed E-state index contributed by atoms with van der Waals surface area (Å²) in [4.78, 5) is 0. The lowest BCUT2D eigenvalue weighted by atomic mass is 10.3. The SMILES string of the molecule is CCc1nn(C)c(-c2nnc(SCCOc3ccc(Cl)cc3)o2)c1Cl. The van der Waals surface area contributed by atoms with E-state index in [1.165, 1.54) is 11.8 Å². The van der Waals surface area contributed by atoms with Crippen molar-refractivity contribution in [3.63, 3.8) is 0 Å². The molecule has 2 heterocycles. The summed E-state index contributed by atoms with van der Waals surface area (Å²) in [5, 5.41) is 14.1. The normalized spacial score (nSPS) is 11.0. The first-order valence-corrected chi connectivity index (χ1v) is 9.39. The second-order valence-corrected chi connectivity index (χ2v) is 6.97. The molecular weight excluding hydrogens is 383 g/mol. The molecule has 0 amide bonds. The predicted molar refractivity (Wildman–Crippen MR) is 98.6 cm³/mol. The lowest BCUT2D eigenvalue weighted by molar-refractivity contribution is 0.343.